The molecule has 2 heterocycles. The van der Waals surface area contributed by atoms with Crippen LogP contribution in [0.2, 0.25) is 0 Å². The first kappa shape index (κ1) is 22.9. The molecule has 0 bridgehead atoms. The molecule has 6 heteroatoms. The average Bonchev–Trinajstić information content (AvgIpc) is 3.10. The van der Waals surface area contributed by atoms with Gasteiger partial charge in [0.2, 0.25) is 5.91 Å². The number of benzene rings is 2. The number of aromatic nitrogens is 2. The quantitative estimate of drug-likeness (QED) is 0.504. The predicted molar refractivity (Wildman–Crippen MR) is 127 cm³/mol. The Morgan fingerprint density at radius 1 is 1.09 bits per heavy atom. The Hall–Kier alpha value is -3.28. The number of halogens is 1. The van der Waals surface area contributed by atoms with Gasteiger partial charge in [0.25, 0.3) is 0 Å². The molecule has 1 aliphatic heterocycles. The van der Waals surface area contributed by atoms with Gasteiger partial charge in [-0.2, -0.15) is 5.10 Å². The van der Waals surface area contributed by atoms with Crippen LogP contribution in [0.1, 0.15) is 65.9 Å². The molecule has 2 atom stereocenters. The second-order valence-corrected chi connectivity index (χ2v) is 9.94. The summed E-state index contributed by atoms with van der Waals surface area (Å²) >= 11 is 0. The van der Waals surface area contributed by atoms with E-state index in [0.717, 1.165) is 28.2 Å². The van der Waals surface area contributed by atoms with Crippen molar-refractivity contribution >= 4 is 17.5 Å². The summed E-state index contributed by atoms with van der Waals surface area (Å²) in [6, 6.07) is 13.6. The van der Waals surface area contributed by atoms with Crippen LogP contribution in [0.4, 0.5) is 10.2 Å². The number of anilines is 1. The standard InChI is InChI=1S/C27H30FN3O2/c1-16-8-7-9-19(14-16)22(32)15-21-24(18-10-12-20(28)13-11-18)23-17(2)29-31(27(3,4)5)25(23)30(6)26(21)33/h7-14,21,24H,15H2,1-6H3/t21-,24+/m0/s1. The molecule has 0 spiro atoms. The number of aryl methyl sites for hydroxylation is 2. The first-order chi connectivity index (χ1) is 15.5. The van der Waals surface area contributed by atoms with Gasteiger partial charge < -0.3 is 0 Å². The molecule has 0 N–H and O–H groups in total. The van der Waals surface area contributed by atoms with E-state index in [1.165, 1.54) is 12.1 Å². The molecule has 5 nitrogen and oxygen atoms in total. The zero-order valence-corrected chi connectivity index (χ0v) is 20.0. The van der Waals surface area contributed by atoms with E-state index in [1.54, 1.807) is 30.1 Å². The van der Waals surface area contributed by atoms with E-state index in [4.69, 9.17) is 5.10 Å². The molecule has 1 amide bonds. The molecule has 1 aliphatic rings. The van der Waals surface area contributed by atoms with Gasteiger partial charge in [-0.15, -0.1) is 0 Å². The number of rotatable bonds is 4. The van der Waals surface area contributed by atoms with Crippen LogP contribution >= 0.6 is 0 Å². The molecule has 0 saturated heterocycles. The topological polar surface area (TPSA) is 55.2 Å². The minimum absolute atomic E-state index is 0.0637. The zero-order valence-electron chi connectivity index (χ0n) is 20.0. The monoisotopic (exact) mass is 447 g/mol. The van der Waals surface area contributed by atoms with Crippen molar-refractivity contribution in [2.24, 2.45) is 5.92 Å². The van der Waals surface area contributed by atoms with E-state index in [9.17, 15) is 14.0 Å². The van der Waals surface area contributed by atoms with Crippen molar-refractivity contribution < 1.29 is 14.0 Å². The Kier molecular flexibility index (Phi) is 5.72. The van der Waals surface area contributed by atoms with Crippen LogP contribution in [-0.2, 0) is 10.3 Å². The number of nitrogens with zero attached hydrogens (tertiary/aromatic N) is 3. The fraction of sp³-hybridized carbons (Fsp3) is 0.370. The van der Waals surface area contributed by atoms with Gasteiger partial charge in [-0.3, -0.25) is 14.5 Å². The maximum atomic E-state index is 13.7. The molecular weight excluding hydrogens is 417 g/mol. The fourth-order valence-corrected chi connectivity index (χ4v) is 4.79. The van der Waals surface area contributed by atoms with Crippen LogP contribution in [0.3, 0.4) is 0 Å². The third kappa shape index (κ3) is 4.10. The van der Waals surface area contributed by atoms with Crippen LogP contribution in [0.25, 0.3) is 0 Å². The second kappa shape index (κ2) is 8.25. The summed E-state index contributed by atoms with van der Waals surface area (Å²) in [6.45, 7) is 9.99. The molecule has 2 aromatic carbocycles. The first-order valence-corrected chi connectivity index (χ1v) is 11.2. The summed E-state index contributed by atoms with van der Waals surface area (Å²) in [7, 11) is 1.75. The van der Waals surface area contributed by atoms with Gasteiger partial charge in [0, 0.05) is 30.5 Å². The highest BCUT2D eigenvalue weighted by Gasteiger charge is 2.45. The summed E-state index contributed by atoms with van der Waals surface area (Å²) in [5, 5.41) is 4.79. The number of fused-ring (bicyclic) bond motifs is 1. The second-order valence-electron chi connectivity index (χ2n) is 9.94. The first-order valence-electron chi connectivity index (χ1n) is 11.2. The summed E-state index contributed by atoms with van der Waals surface area (Å²) < 4.78 is 15.6. The largest absolute Gasteiger partial charge is 0.300 e. The van der Waals surface area contributed by atoms with Crippen LogP contribution in [0.5, 0.6) is 0 Å². The fourth-order valence-electron chi connectivity index (χ4n) is 4.79. The number of Topliss-reactive ketones (excluding diaryl/α,β-unsaturated/α-hetero) is 1. The SMILES string of the molecule is Cc1cccc(C(=O)C[C@@H]2C(=O)N(C)c3c(c(C)nn3C(C)(C)C)[C@@H]2c2ccc(F)cc2)c1. The molecule has 4 rings (SSSR count). The Morgan fingerprint density at radius 2 is 1.76 bits per heavy atom. The molecule has 0 saturated carbocycles. The normalized spacial score (nSPS) is 18.4. The van der Waals surface area contributed by atoms with Crippen molar-refractivity contribution in [2.45, 2.75) is 52.5 Å². The average molecular weight is 448 g/mol. The highest BCUT2D eigenvalue weighted by molar-refractivity contribution is 6.04. The summed E-state index contributed by atoms with van der Waals surface area (Å²) in [4.78, 5) is 28.6. The number of carbonyl (C=O) groups is 2. The molecule has 0 unspecified atom stereocenters. The van der Waals surface area contributed by atoms with E-state index >= 15 is 0 Å². The van der Waals surface area contributed by atoms with Crippen LogP contribution < -0.4 is 4.90 Å². The van der Waals surface area contributed by atoms with Gasteiger partial charge in [0.1, 0.15) is 11.6 Å². The van der Waals surface area contributed by atoms with Crippen LogP contribution in [0.15, 0.2) is 48.5 Å². The summed E-state index contributed by atoms with van der Waals surface area (Å²) in [5.74, 6) is -0.831. The van der Waals surface area contributed by atoms with Gasteiger partial charge in [-0.25, -0.2) is 9.07 Å². The van der Waals surface area contributed by atoms with Crippen molar-refractivity contribution in [3.8, 4) is 0 Å². The molecule has 0 aliphatic carbocycles. The molecular formula is C27H30FN3O2. The molecule has 33 heavy (non-hydrogen) atoms. The van der Waals surface area contributed by atoms with E-state index in [2.05, 4.69) is 0 Å². The number of ketones is 1. The predicted octanol–water partition coefficient (Wildman–Crippen LogP) is 5.39. The lowest BCUT2D eigenvalue weighted by molar-refractivity contribution is -0.123. The van der Waals surface area contributed by atoms with Gasteiger partial charge in [-0.05, 0) is 58.4 Å². The molecule has 0 fully saturated rings. The van der Waals surface area contributed by atoms with Crippen LogP contribution in [-0.4, -0.2) is 28.5 Å². The molecule has 0 radical (unpaired) electrons. The minimum Gasteiger partial charge on any atom is -0.300 e. The van der Waals surface area contributed by atoms with Gasteiger partial charge in [-0.1, -0.05) is 35.9 Å². The maximum Gasteiger partial charge on any atom is 0.232 e. The zero-order chi connectivity index (χ0) is 24.1. The van der Waals surface area contributed by atoms with Crippen molar-refractivity contribution in [1.29, 1.82) is 0 Å². The smallest absolute Gasteiger partial charge is 0.232 e. The lowest BCUT2D eigenvalue weighted by Gasteiger charge is -2.38. The highest BCUT2D eigenvalue weighted by atomic mass is 19.1. The third-order valence-electron chi connectivity index (χ3n) is 6.37. The highest BCUT2D eigenvalue weighted by Crippen LogP contribution is 2.47. The van der Waals surface area contributed by atoms with E-state index in [-0.39, 0.29) is 29.5 Å². The Morgan fingerprint density at radius 3 is 2.36 bits per heavy atom. The van der Waals surface area contributed by atoms with E-state index < -0.39 is 11.8 Å². The Bertz CT molecular complexity index is 1220. The van der Waals surface area contributed by atoms with Crippen molar-refractivity contribution in [3.63, 3.8) is 0 Å². The Balaban J connectivity index is 1.87. The van der Waals surface area contributed by atoms with Crippen molar-refractivity contribution in [2.75, 3.05) is 11.9 Å². The Labute approximate surface area is 194 Å². The number of carbonyl (C=O) groups excluding carboxylic acids is 2. The minimum atomic E-state index is -0.614. The van der Waals surface area contributed by atoms with Gasteiger partial charge in [0.15, 0.2) is 5.78 Å². The lowest BCUT2D eigenvalue weighted by atomic mass is 9.74. The maximum absolute atomic E-state index is 13.7. The summed E-state index contributed by atoms with van der Waals surface area (Å²) in [5.41, 5.74) is 3.77. The molecule has 3 aromatic rings. The number of hydrogen-bond acceptors (Lipinski definition) is 3. The van der Waals surface area contributed by atoms with Crippen molar-refractivity contribution in [1.82, 2.24) is 9.78 Å². The van der Waals surface area contributed by atoms with Crippen LogP contribution in [0, 0.1) is 25.6 Å². The van der Waals surface area contributed by atoms with E-state index in [0.29, 0.717) is 5.56 Å². The lowest BCUT2D eigenvalue weighted by Crippen LogP contribution is -2.44. The molecule has 1 aromatic heterocycles. The molecule has 172 valence electrons. The van der Waals surface area contributed by atoms with Crippen molar-refractivity contribution in [3.05, 3.63) is 82.3 Å². The van der Waals surface area contributed by atoms with E-state index in [1.807, 2.05) is 57.5 Å². The third-order valence-corrected chi connectivity index (χ3v) is 6.37. The number of hydrogen-bond donors (Lipinski definition) is 0. The summed E-state index contributed by atoms with van der Waals surface area (Å²) in [6.07, 6.45) is 0.0637. The van der Waals surface area contributed by atoms with Gasteiger partial charge >= 0.3 is 0 Å². The van der Waals surface area contributed by atoms with Gasteiger partial charge in [0.05, 0.1) is 17.2 Å². The number of amides is 1.